The SMILES string of the molecule is CC(CS(C)(=O)=O)N(C)c1nc(C(F)(F)F)nc2ccccc12. The molecule has 0 spiro atoms. The summed E-state index contributed by atoms with van der Waals surface area (Å²) in [4.78, 5) is 8.59. The number of para-hydroxylation sites is 1. The zero-order valence-electron chi connectivity index (χ0n) is 12.8. The van der Waals surface area contributed by atoms with Gasteiger partial charge in [-0.3, -0.25) is 0 Å². The molecule has 0 radical (unpaired) electrons. The van der Waals surface area contributed by atoms with Crippen LogP contribution in [-0.2, 0) is 16.0 Å². The molecule has 0 bridgehead atoms. The van der Waals surface area contributed by atoms with Crippen LogP contribution in [0.25, 0.3) is 10.9 Å². The highest BCUT2D eigenvalue weighted by molar-refractivity contribution is 7.90. The first-order valence-corrected chi connectivity index (χ1v) is 8.79. The number of anilines is 1. The quantitative estimate of drug-likeness (QED) is 0.850. The molecular formula is C14H16F3N3O2S. The van der Waals surface area contributed by atoms with Gasteiger partial charge in [-0.15, -0.1) is 0 Å². The summed E-state index contributed by atoms with van der Waals surface area (Å²) in [5, 5.41) is 0.434. The van der Waals surface area contributed by atoms with E-state index in [4.69, 9.17) is 0 Å². The summed E-state index contributed by atoms with van der Waals surface area (Å²) in [5.41, 5.74) is 0.156. The van der Waals surface area contributed by atoms with Gasteiger partial charge in [0.2, 0.25) is 5.82 Å². The Kier molecular flexibility index (Phi) is 4.52. The second-order valence-corrected chi connectivity index (χ2v) is 7.62. The van der Waals surface area contributed by atoms with Gasteiger partial charge >= 0.3 is 6.18 Å². The van der Waals surface area contributed by atoms with E-state index in [-0.39, 0.29) is 17.1 Å². The van der Waals surface area contributed by atoms with Gasteiger partial charge in [-0.1, -0.05) is 12.1 Å². The van der Waals surface area contributed by atoms with E-state index in [9.17, 15) is 21.6 Å². The van der Waals surface area contributed by atoms with Crippen molar-refractivity contribution in [1.82, 2.24) is 9.97 Å². The lowest BCUT2D eigenvalue weighted by Crippen LogP contribution is -2.36. The lowest BCUT2D eigenvalue weighted by Gasteiger charge is -2.27. The van der Waals surface area contributed by atoms with Gasteiger partial charge in [-0.25, -0.2) is 18.4 Å². The molecule has 23 heavy (non-hydrogen) atoms. The summed E-state index contributed by atoms with van der Waals surface area (Å²) in [7, 11) is -1.76. The number of fused-ring (bicyclic) bond motifs is 1. The minimum atomic E-state index is -4.68. The third kappa shape index (κ3) is 4.10. The van der Waals surface area contributed by atoms with E-state index in [0.717, 1.165) is 6.26 Å². The van der Waals surface area contributed by atoms with E-state index in [1.807, 2.05) is 0 Å². The zero-order chi connectivity index (χ0) is 17.4. The van der Waals surface area contributed by atoms with E-state index in [0.29, 0.717) is 5.39 Å². The molecule has 9 heteroatoms. The first-order chi connectivity index (χ1) is 10.5. The van der Waals surface area contributed by atoms with Crippen LogP contribution in [0.1, 0.15) is 12.7 Å². The molecule has 1 aromatic heterocycles. The van der Waals surface area contributed by atoms with Crippen LogP contribution in [0.3, 0.4) is 0 Å². The molecule has 0 fully saturated rings. The van der Waals surface area contributed by atoms with Crippen LogP contribution in [0, 0.1) is 0 Å². The van der Waals surface area contributed by atoms with Gasteiger partial charge in [0.25, 0.3) is 0 Å². The van der Waals surface area contributed by atoms with Gasteiger partial charge < -0.3 is 4.90 Å². The standard InChI is InChI=1S/C14H16F3N3O2S/c1-9(8-23(3,21)22)20(2)12-10-6-4-5-7-11(10)18-13(19-12)14(15,16)17/h4-7,9H,8H2,1-3H3. The Morgan fingerprint density at radius 3 is 2.39 bits per heavy atom. The van der Waals surface area contributed by atoms with Crippen LogP contribution in [0.5, 0.6) is 0 Å². The van der Waals surface area contributed by atoms with E-state index >= 15 is 0 Å². The van der Waals surface area contributed by atoms with Crippen molar-refractivity contribution in [3.05, 3.63) is 30.1 Å². The molecule has 0 saturated heterocycles. The Bertz CT molecular complexity index is 822. The summed E-state index contributed by atoms with van der Waals surface area (Å²) < 4.78 is 61.8. The molecule has 5 nitrogen and oxygen atoms in total. The number of alkyl halides is 3. The molecular weight excluding hydrogens is 331 g/mol. The molecule has 126 valence electrons. The molecule has 1 aromatic carbocycles. The minimum absolute atomic E-state index is 0.0547. The van der Waals surface area contributed by atoms with Crippen molar-refractivity contribution in [3.8, 4) is 0 Å². The number of rotatable bonds is 4. The molecule has 0 N–H and O–H groups in total. The number of sulfone groups is 1. The van der Waals surface area contributed by atoms with Crippen molar-refractivity contribution in [2.75, 3.05) is 24.0 Å². The monoisotopic (exact) mass is 347 g/mol. The average Bonchev–Trinajstić information content (AvgIpc) is 2.42. The molecule has 2 aromatic rings. The maximum absolute atomic E-state index is 13.0. The Hall–Kier alpha value is -1.90. The first-order valence-electron chi connectivity index (χ1n) is 6.73. The van der Waals surface area contributed by atoms with Gasteiger partial charge in [-0.05, 0) is 19.1 Å². The van der Waals surface area contributed by atoms with Crippen LogP contribution in [0.15, 0.2) is 24.3 Å². The molecule has 0 amide bonds. The predicted molar refractivity (Wildman–Crippen MR) is 82.1 cm³/mol. The van der Waals surface area contributed by atoms with Crippen LogP contribution in [-0.4, -0.2) is 43.5 Å². The lowest BCUT2D eigenvalue weighted by atomic mass is 10.2. The number of aromatic nitrogens is 2. The van der Waals surface area contributed by atoms with Crippen molar-refractivity contribution in [1.29, 1.82) is 0 Å². The summed E-state index contributed by atoms with van der Waals surface area (Å²) in [6, 6.07) is 5.78. The highest BCUT2D eigenvalue weighted by atomic mass is 32.2. The van der Waals surface area contributed by atoms with Crippen molar-refractivity contribution < 1.29 is 21.6 Å². The Labute approximate surface area is 132 Å². The van der Waals surface area contributed by atoms with Gasteiger partial charge in [0.15, 0.2) is 0 Å². The summed E-state index contributed by atoms with van der Waals surface area (Å²) in [6.07, 6.45) is -3.60. The highest BCUT2D eigenvalue weighted by Crippen LogP contribution is 2.31. The first kappa shape index (κ1) is 17.5. The number of benzene rings is 1. The molecule has 0 aliphatic heterocycles. The summed E-state index contributed by atoms with van der Waals surface area (Å²) >= 11 is 0. The molecule has 0 aliphatic rings. The lowest BCUT2D eigenvalue weighted by molar-refractivity contribution is -0.144. The van der Waals surface area contributed by atoms with Crippen LogP contribution >= 0.6 is 0 Å². The average molecular weight is 347 g/mol. The fourth-order valence-corrected chi connectivity index (χ4v) is 3.31. The zero-order valence-corrected chi connectivity index (χ0v) is 13.6. The van der Waals surface area contributed by atoms with E-state index in [2.05, 4.69) is 9.97 Å². The maximum Gasteiger partial charge on any atom is 0.451 e. The largest absolute Gasteiger partial charge is 0.451 e. The molecule has 1 heterocycles. The van der Waals surface area contributed by atoms with Gasteiger partial charge in [0.1, 0.15) is 15.7 Å². The van der Waals surface area contributed by atoms with Gasteiger partial charge in [0.05, 0.1) is 11.3 Å². The highest BCUT2D eigenvalue weighted by Gasteiger charge is 2.36. The van der Waals surface area contributed by atoms with Crippen molar-refractivity contribution in [3.63, 3.8) is 0 Å². The number of nitrogens with zero attached hydrogens (tertiary/aromatic N) is 3. The molecule has 0 saturated carbocycles. The van der Waals surface area contributed by atoms with Crippen molar-refractivity contribution in [2.24, 2.45) is 0 Å². The maximum atomic E-state index is 13.0. The van der Waals surface area contributed by atoms with Crippen LogP contribution in [0.4, 0.5) is 19.0 Å². The van der Waals surface area contributed by atoms with Gasteiger partial charge in [0, 0.05) is 24.7 Å². The second-order valence-electron chi connectivity index (χ2n) is 5.44. The topological polar surface area (TPSA) is 63.2 Å². The smallest absolute Gasteiger partial charge is 0.355 e. The third-order valence-corrected chi connectivity index (χ3v) is 4.46. The molecule has 0 aliphatic carbocycles. The Balaban J connectivity index is 2.58. The number of hydrogen-bond acceptors (Lipinski definition) is 5. The second kappa shape index (κ2) is 5.95. The number of halogens is 3. The fourth-order valence-electron chi connectivity index (χ4n) is 2.21. The molecule has 2 rings (SSSR count). The fraction of sp³-hybridized carbons (Fsp3) is 0.429. The molecule has 1 atom stereocenters. The van der Waals surface area contributed by atoms with Gasteiger partial charge in [-0.2, -0.15) is 13.2 Å². The van der Waals surface area contributed by atoms with E-state index in [1.54, 1.807) is 25.1 Å². The predicted octanol–water partition coefficient (Wildman–Crippen LogP) is 2.52. The Morgan fingerprint density at radius 2 is 1.83 bits per heavy atom. The normalized spacial score (nSPS) is 14.0. The summed E-state index contributed by atoms with van der Waals surface area (Å²) in [5.74, 6) is -1.38. The van der Waals surface area contributed by atoms with Crippen LogP contribution in [0.2, 0.25) is 0 Å². The minimum Gasteiger partial charge on any atom is -0.355 e. The van der Waals surface area contributed by atoms with E-state index < -0.39 is 27.9 Å². The molecule has 1 unspecified atom stereocenters. The van der Waals surface area contributed by atoms with Crippen LogP contribution < -0.4 is 4.90 Å². The summed E-state index contributed by atoms with van der Waals surface area (Å²) in [6.45, 7) is 1.62. The third-order valence-electron chi connectivity index (χ3n) is 3.38. The number of hydrogen-bond donors (Lipinski definition) is 0. The van der Waals surface area contributed by atoms with Crippen molar-refractivity contribution in [2.45, 2.75) is 19.1 Å². The Morgan fingerprint density at radius 1 is 1.22 bits per heavy atom. The van der Waals surface area contributed by atoms with E-state index in [1.165, 1.54) is 18.0 Å². The van der Waals surface area contributed by atoms with Crippen molar-refractivity contribution >= 4 is 26.6 Å².